The number of alkyl halides is 3. The van der Waals surface area contributed by atoms with Crippen LogP contribution in [-0.2, 0) is 4.74 Å². The lowest BCUT2D eigenvalue weighted by Gasteiger charge is -2.16. The lowest BCUT2D eigenvalue weighted by molar-refractivity contribution is -0.274. The summed E-state index contributed by atoms with van der Waals surface area (Å²) in [6, 6.07) is 14.2. The van der Waals surface area contributed by atoms with Crippen LogP contribution in [0.1, 0.15) is 29.7 Å². The maximum atomic E-state index is 14.1. The van der Waals surface area contributed by atoms with Crippen molar-refractivity contribution in [1.82, 2.24) is 0 Å². The molecule has 0 spiro atoms. The van der Waals surface area contributed by atoms with Gasteiger partial charge in [0, 0.05) is 0 Å². The molecule has 3 aromatic rings. The van der Waals surface area contributed by atoms with Crippen molar-refractivity contribution < 1.29 is 31.4 Å². The largest absolute Gasteiger partial charge is 0.573 e. The fraction of sp³-hybridized carbons (Fsp3) is 0.208. The van der Waals surface area contributed by atoms with Crippen LogP contribution >= 0.6 is 0 Å². The fourth-order valence-corrected chi connectivity index (χ4v) is 3.69. The highest BCUT2D eigenvalue weighted by atomic mass is 19.4. The maximum absolute atomic E-state index is 14.1. The van der Waals surface area contributed by atoms with Crippen LogP contribution in [-0.4, -0.2) is 18.4 Å². The SMILES string of the molecule is Cc1cc(-c2ccc(OC(F)(F)F)cc2)ccc1[C@H]1N=C(c2c(F)cccc2F)O[C@@H]1C. The average molecular weight is 447 g/mol. The van der Waals surface area contributed by atoms with Crippen molar-refractivity contribution in [1.29, 1.82) is 0 Å². The number of benzene rings is 3. The molecule has 3 nitrogen and oxygen atoms in total. The first-order valence-electron chi connectivity index (χ1n) is 9.78. The smallest absolute Gasteiger partial charge is 0.472 e. The van der Waals surface area contributed by atoms with E-state index >= 15 is 0 Å². The minimum atomic E-state index is -4.75. The van der Waals surface area contributed by atoms with E-state index in [9.17, 15) is 22.0 Å². The first-order chi connectivity index (χ1) is 15.1. The molecule has 0 unspecified atom stereocenters. The Bertz CT molecular complexity index is 1150. The Morgan fingerprint density at radius 2 is 1.53 bits per heavy atom. The van der Waals surface area contributed by atoms with Gasteiger partial charge >= 0.3 is 6.36 Å². The maximum Gasteiger partial charge on any atom is 0.573 e. The highest BCUT2D eigenvalue weighted by Gasteiger charge is 2.33. The Hall–Kier alpha value is -3.42. The molecule has 0 saturated carbocycles. The zero-order valence-corrected chi connectivity index (χ0v) is 17.1. The molecular weight excluding hydrogens is 429 g/mol. The predicted molar refractivity (Wildman–Crippen MR) is 109 cm³/mol. The molecule has 1 aliphatic rings. The van der Waals surface area contributed by atoms with Gasteiger partial charge in [0.1, 0.15) is 35.1 Å². The molecule has 2 atom stereocenters. The molecule has 0 N–H and O–H groups in total. The second-order valence-corrected chi connectivity index (χ2v) is 7.44. The Labute approximate surface area is 181 Å². The summed E-state index contributed by atoms with van der Waals surface area (Å²) in [6.45, 7) is 3.64. The van der Waals surface area contributed by atoms with E-state index < -0.39 is 30.1 Å². The van der Waals surface area contributed by atoms with E-state index in [-0.39, 0.29) is 17.2 Å². The van der Waals surface area contributed by atoms with E-state index in [1.807, 2.05) is 25.1 Å². The number of aliphatic imine (C=N–C) groups is 1. The highest BCUT2D eigenvalue weighted by Crippen LogP contribution is 2.35. The Kier molecular flexibility index (Phi) is 5.62. The van der Waals surface area contributed by atoms with Crippen molar-refractivity contribution in [3.05, 3.63) is 89.0 Å². The molecule has 0 radical (unpaired) electrons. The van der Waals surface area contributed by atoms with Crippen molar-refractivity contribution >= 4 is 5.90 Å². The van der Waals surface area contributed by atoms with Gasteiger partial charge in [-0.2, -0.15) is 0 Å². The van der Waals surface area contributed by atoms with Crippen molar-refractivity contribution in [2.75, 3.05) is 0 Å². The summed E-state index contributed by atoms with van der Waals surface area (Å²) in [7, 11) is 0. The Morgan fingerprint density at radius 3 is 2.12 bits per heavy atom. The zero-order chi connectivity index (χ0) is 23.0. The molecule has 32 heavy (non-hydrogen) atoms. The topological polar surface area (TPSA) is 30.8 Å². The zero-order valence-electron chi connectivity index (χ0n) is 17.1. The summed E-state index contributed by atoms with van der Waals surface area (Å²) in [4.78, 5) is 4.43. The third kappa shape index (κ3) is 4.44. The summed E-state index contributed by atoms with van der Waals surface area (Å²) in [5, 5.41) is 0. The van der Waals surface area contributed by atoms with E-state index in [4.69, 9.17) is 4.74 Å². The molecule has 0 aromatic heterocycles. The highest BCUT2D eigenvalue weighted by molar-refractivity contribution is 5.96. The van der Waals surface area contributed by atoms with Gasteiger partial charge in [0.15, 0.2) is 0 Å². The van der Waals surface area contributed by atoms with E-state index in [1.165, 1.54) is 30.3 Å². The number of hydrogen-bond acceptors (Lipinski definition) is 3. The second-order valence-electron chi connectivity index (χ2n) is 7.44. The summed E-state index contributed by atoms with van der Waals surface area (Å²) in [5.41, 5.74) is 2.89. The third-order valence-corrected chi connectivity index (χ3v) is 5.18. The number of aryl methyl sites for hydroxylation is 1. The minimum Gasteiger partial charge on any atom is -0.472 e. The molecule has 1 heterocycles. The lowest BCUT2D eigenvalue weighted by Crippen LogP contribution is -2.16. The molecule has 0 amide bonds. The van der Waals surface area contributed by atoms with E-state index in [2.05, 4.69) is 9.73 Å². The van der Waals surface area contributed by atoms with Gasteiger partial charge in [-0.1, -0.05) is 36.4 Å². The lowest BCUT2D eigenvalue weighted by atomic mass is 9.94. The van der Waals surface area contributed by atoms with E-state index in [0.29, 0.717) is 5.56 Å². The van der Waals surface area contributed by atoms with Gasteiger partial charge < -0.3 is 9.47 Å². The molecule has 3 aromatic carbocycles. The van der Waals surface area contributed by atoms with Crippen LogP contribution in [0.4, 0.5) is 22.0 Å². The number of halogens is 5. The number of nitrogens with zero attached hydrogens (tertiary/aromatic N) is 1. The Morgan fingerprint density at radius 1 is 0.906 bits per heavy atom. The standard InChI is InChI=1S/C24H18F5NO2/c1-13-12-16(15-6-9-17(10-7-15)32-24(27,28)29)8-11-18(13)22-14(2)31-23(30-22)21-19(25)4-3-5-20(21)26/h3-12,14,22H,1-2H3/t14-,22+/m1/s1. The third-order valence-electron chi connectivity index (χ3n) is 5.18. The Balaban J connectivity index is 1.60. The van der Waals surface area contributed by atoms with Crippen LogP contribution in [0.2, 0.25) is 0 Å². The van der Waals surface area contributed by atoms with Gasteiger partial charge in [0.05, 0.1) is 0 Å². The van der Waals surface area contributed by atoms with Gasteiger partial charge in [0.25, 0.3) is 0 Å². The van der Waals surface area contributed by atoms with E-state index in [0.717, 1.165) is 28.8 Å². The average Bonchev–Trinajstić information content (AvgIpc) is 3.08. The van der Waals surface area contributed by atoms with E-state index in [1.54, 1.807) is 6.92 Å². The predicted octanol–water partition coefficient (Wildman–Crippen LogP) is 6.75. The summed E-state index contributed by atoms with van der Waals surface area (Å²) in [5.74, 6) is -1.88. The summed E-state index contributed by atoms with van der Waals surface area (Å²) in [6.07, 6.45) is -5.18. The molecule has 4 rings (SSSR count). The molecule has 1 aliphatic heterocycles. The van der Waals surface area contributed by atoms with Crippen molar-refractivity contribution in [3.8, 4) is 16.9 Å². The quantitative estimate of drug-likeness (QED) is 0.415. The van der Waals surface area contributed by atoms with Gasteiger partial charge in [0.2, 0.25) is 5.90 Å². The van der Waals surface area contributed by atoms with Crippen LogP contribution < -0.4 is 4.74 Å². The summed E-state index contributed by atoms with van der Waals surface area (Å²) < 4.78 is 74.8. The van der Waals surface area contributed by atoms with Crippen LogP contribution in [0, 0.1) is 18.6 Å². The van der Waals surface area contributed by atoms with Crippen LogP contribution in [0.3, 0.4) is 0 Å². The second kappa shape index (κ2) is 8.26. The van der Waals surface area contributed by atoms with Crippen LogP contribution in [0.25, 0.3) is 11.1 Å². The molecule has 0 bridgehead atoms. The molecular formula is C24H18F5NO2. The van der Waals surface area contributed by atoms with Crippen LogP contribution in [0.5, 0.6) is 5.75 Å². The minimum absolute atomic E-state index is 0.0816. The van der Waals surface area contributed by atoms with Gasteiger partial charge in [-0.15, -0.1) is 13.2 Å². The molecule has 166 valence electrons. The first kappa shape index (κ1) is 21.8. The van der Waals surface area contributed by atoms with Crippen molar-refractivity contribution in [2.45, 2.75) is 32.4 Å². The monoisotopic (exact) mass is 447 g/mol. The number of rotatable bonds is 4. The van der Waals surface area contributed by atoms with Gasteiger partial charge in [-0.25, -0.2) is 13.8 Å². The normalized spacial score (nSPS) is 18.3. The van der Waals surface area contributed by atoms with Gasteiger partial charge in [-0.05, 0) is 60.4 Å². The fourth-order valence-electron chi connectivity index (χ4n) is 3.69. The molecule has 0 fully saturated rings. The summed E-state index contributed by atoms with van der Waals surface area (Å²) >= 11 is 0. The van der Waals surface area contributed by atoms with Gasteiger partial charge in [-0.3, -0.25) is 0 Å². The molecule has 8 heteroatoms. The number of hydrogen-bond donors (Lipinski definition) is 0. The molecule has 0 aliphatic carbocycles. The number of ether oxygens (including phenoxy) is 2. The first-order valence-corrected chi connectivity index (χ1v) is 9.78. The molecule has 0 saturated heterocycles. The van der Waals surface area contributed by atoms with Crippen molar-refractivity contribution in [3.63, 3.8) is 0 Å². The van der Waals surface area contributed by atoms with Crippen molar-refractivity contribution in [2.24, 2.45) is 4.99 Å². The van der Waals surface area contributed by atoms with Crippen LogP contribution in [0.15, 0.2) is 65.7 Å².